The molecule has 1 rings (SSSR count). The molecule has 0 aliphatic heterocycles. The van der Waals surface area contributed by atoms with Gasteiger partial charge < -0.3 is 4.55 Å². The van der Waals surface area contributed by atoms with E-state index in [-0.39, 0.29) is 5.75 Å². The van der Waals surface area contributed by atoms with E-state index in [4.69, 9.17) is 0 Å². The van der Waals surface area contributed by atoms with Crippen LogP contribution < -0.4 is 0 Å². The summed E-state index contributed by atoms with van der Waals surface area (Å²) in [5, 5.41) is 0. The van der Waals surface area contributed by atoms with Gasteiger partial charge in [0, 0.05) is 12.4 Å². The number of hydrogen-bond donors (Lipinski definition) is 0. The lowest BCUT2D eigenvalue weighted by Crippen LogP contribution is -1.97. The first-order chi connectivity index (χ1) is 5.18. The maximum Gasteiger partial charge on any atom is 0.0700 e. The SMILES string of the molecule is Cc1cnc(CS(=O)[O-])cn1. The predicted molar refractivity (Wildman–Crippen MR) is 39.4 cm³/mol. The number of nitrogens with zero attached hydrogens (tertiary/aromatic N) is 2. The summed E-state index contributed by atoms with van der Waals surface area (Å²) < 4.78 is 20.4. The third-order valence-electron chi connectivity index (χ3n) is 1.10. The summed E-state index contributed by atoms with van der Waals surface area (Å²) in [6.07, 6.45) is 3.01. The maximum atomic E-state index is 10.2. The molecule has 0 saturated heterocycles. The molecule has 11 heavy (non-hydrogen) atoms. The van der Waals surface area contributed by atoms with Crippen molar-refractivity contribution in [2.24, 2.45) is 0 Å². The van der Waals surface area contributed by atoms with Gasteiger partial charge >= 0.3 is 0 Å². The van der Waals surface area contributed by atoms with E-state index in [1.165, 1.54) is 6.20 Å². The van der Waals surface area contributed by atoms with Gasteiger partial charge in [0.25, 0.3) is 0 Å². The molecule has 0 radical (unpaired) electrons. The minimum absolute atomic E-state index is 0.0622. The molecule has 5 heteroatoms. The quantitative estimate of drug-likeness (QED) is 0.595. The largest absolute Gasteiger partial charge is 0.772 e. The Balaban J connectivity index is 2.74. The molecule has 4 nitrogen and oxygen atoms in total. The summed E-state index contributed by atoms with van der Waals surface area (Å²) in [6, 6.07) is 0. The Kier molecular flexibility index (Phi) is 2.67. The second-order valence-corrected chi connectivity index (χ2v) is 2.99. The predicted octanol–water partition coefficient (Wildman–Crippen LogP) is 0.164. The highest BCUT2D eigenvalue weighted by molar-refractivity contribution is 7.78. The van der Waals surface area contributed by atoms with Crippen LogP contribution in [0.5, 0.6) is 0 Å². The Morgan fingerprint density at radius 3 is 2.73 bits per heavy atom. The Bertz CT molecular complexity index is 260. The van der Waals surface area contributed by atoms with Gasteiger partial charge in [-0.3, -0.25) is 14.2 Å². The average molecular weight is 171 g/mol. The molecule has 0 amide bonds. The van der Waals surface area contributed by atoms with Crippen LogP contribution in [0.1, 0.15) is 11.4 Å². The van der Waals surface area contributed by atoms with Crippen LogP contribution in [-0.2, 0) is 16.8 Å². The van der Waals surface area contributed by atoms with Gasteiger partial charge in [-0.2, -0.15) is 0 Å². The minimum atomic E-state index is -2.08. The molecule has 1 aromatic heterocycles. The van der Waals surface area contributed by atoms with Gasteiger partial charge in [0.2, 0.25) is 0 Å². The lowest BCUT2D eigenvalue weighted by atomic mass is 10.4. The van der Waals surface area contributed by atoms with Crippen molar-refractivity contribution >= 4 is 11.1 Å². The Hall–Kier alpha value is -0.810. The van der Waals surface area contributed by atoms with Crippen LogP contribution in [0.25, 0.3) is 0 Å². The lowest BCUT2D eigenvalue weighted by molar-refractivity contribution is 0.535. The molecule has 0 saturated carbocycles. The van der Waals surface area contributed by atoms with Crippen molar-refractivity contribution in [2.45, 2.75) is 12.7 Å². The fourth-order valence-electron chi connectivity index (χ4n) is 0.615. The van der Waals surface area contributed by atoms with Crippen molar-refractivity contribution in [1.29, 1.82) is 0 Å². The van der Waals surface area contributed by atoms with E-state index >= 15 is 0 Å². The van der Waals surface area contributed by atoms with Gasteiger partial charge in [0.05, 0.1) is 17.1 Å². The third-order valence-corrected chi connectivity index (χ3v) is 1.63. The van der Waals surface area contributed by atoms with Crippen molar-refractivity contribution < 1.29 is 8.76 Å². The van der Waals surface area contributed by atoms with Crippen molar-refractivity contribution in [3.05, 3.63) is 23.8 Å². The summed E-state index contributed by atoms with van der Waals surface area (Å²) in [6.45, 7) is 1.80. The molecule has 60 valence electrons. The molecular weight excluding hydrogens is 164 g/mol. The van der Waals surface area contributed by atoms with Gasteiger partial charge in [-0.1, -0.05) is 0 Å². The van der Waals surface area contributed by atoms with E-state index in [1.807, 2.05) is 0 Å². The smallest absolute Gasteiger partial charge is 0.0700 e. The molecule has 0 spiro atoms. The zero-order chi connectivity index (χ0) is 8.27. The fraction of sp³-hybridized carbons (Fsp3) is 0.333. The molecule has 0 N–H and O–H groups in total. The van der Waals surface area contributed by atoms with E-state index < -0.39 is 11.1 Å². The maximum absolute atomic E-state index is 10.2. The summed E-state index contributed by atoms with van der Waals surface area (Å²) in [5.74, 6) is -0.0622. The van der Waals surface area contributed by atoms with Gasteiger partial charge in [-0.15, -0.1) is 0 Å². The van der Waals surface area contributed by atoms with E-state index in [9.17, 15) is 8.76 Å². The molecule has 1 heterocycles. The summed E-state index contributed by atoms with van der Waals surface area (Å²) in [5.41, 5.74) is 1.26. The Labute approximate surface area is 67.0 Å². The molecule has 1 unspecified atom stereocenters. The van der Waals surface area contributed by atoms with Crippen LogP contribution in [0, 0.1) is 6.92 Å². The zero-order valence-corrected chi connectivity index (χ0v) is 6.80. The molecular formula is C6H7N2O2S-. The molecule has 0 bridgehead atoms. The van der Waals surface area contributed by atoms with Crippen molar-refractivity contribution in [3.8, 4) is 0 Å². The fourth-order valence-corrected chi connectivity index (χ4v) is 1.01. The number of aromatic nitrogens is 2. The van der Waals surface area contributed by atoms with E-state index in [0.29, 0.717) is 5.69 Å². The van der Waals surface area contributed by atoms with Crippen LogP contribution in [0.3, 0.4) is 0 Å². The second kappa shape index (κ2) is 3.54. The lowest BCUT2D eigenvalue weighted by Gasteiger charge is -2.02. The average Bonchev–Trinajstić information content (AvgIpc) is 1.93. The summed E-state index contributed by atoms with van der Waals surface area (Å²) in [7, 11) is 0. The first-order valence-electron chi connectivity index (χ1n) is 3.02. The van der Waals surface area contributed by atoms with Gasteiger partial charge in [-0.05, 0) is 18.0 Å². The van der Waals surface area contributed by atoms with E-state index in [0.717, 1.165) is 5.69 Å². The highest BCUT2D eigenvalue weighted by Crippen LogP contribution is 1.96. The van der Waals surface area contributed by atoms with Crippen LogP contribution in [0.15, 0.2) is 12.4 Å². The first-order valence-corrected chi connectivity index (χ1v) is 4.26. The van der Waals surface area contributed by atoms with Gasteiger partial charge in [0.15, 0.2) is 0 Å². The zero-order valence-electron chi connectivity index (χ0n) is 5.98. The monoisotopic (exact) mass is 171 g/mol. The molecule has 0 aliphatic rings. The third kappa shape index (κ3) is 2.73. The molecule has 0 aromatic carbocycles. The number of hydrogen-bond acceptors (Lipinski definition) is 4. The number of aryl methyl sites for hydroxylation is 1. The summed E-state index contributed by atoms with van der Waals surface area (Å²) in [4.78, 5) is 7.76. The van der Waals surface area contributed by atoms with E-state index in [1.54, 1.807) is 13.1 Å². The highest BCUT2D eigenvalue weighted by atomic mass is 32.2. The van der Waals surface area contributed by atoms with Crippen molar-refractivity contribution in [1.82, 2.24) is 9.97 Å². The van der Waals surface area contributed by atoms with Gasteiger partial charge in [0.1, 0.15) is 0 Å². The van der Waals surface area contributed by atoms with Crippen LogP contribution in [0.4, 0.5) is 0 Å². The minimum Gasteiger partial charge on any atom is -0.772 e. The second-order valence-electron chi connectivity index (χ2n) is 2.10. The molecule has 1 aromatic rings. The van der Waals surface area contributed by atoms with Crippen LogP contribution in [0.2, 0.25) is 0 Å². The number of rotatable bonds is 2. The summed E-state index contributed by atoms with van der Waals surface area (Å²) >= 11 is -2.08. The molecule has 1 atom stereocenters. The first kappa shape index (κ1) is 8.29. The Morgan fingerprint density at radius 2 is 2.27 bits per heavy atom. The van der Waals surface area contributed by atoms with Crippen molar-refractivity contribution in [3.63, 3.8) is 0 Å². The van der Waals surface area contributed by atoms with Crippen LogP contribution in [-0.4, -0.2) is 18.7 Å². The molecule has 0 aliphatic carbocycles. The van der Waals surface area contributed by atoms with Gasteiger partial charge in [-0.25, -0.2) is 0 Å². The highest BCUT2D eigenvalue weighted by Gasteiger charge is 1.93. The van der Waals surface area contributed by atoms with E-state index in [2.05, 4.69) is 9.97 Å². The van der Waals surface area contributed by atoms with Crippen LogP contribution >= 0.6 is 0 Å². The molecule has 0 fully saturated rings. The topological polar surface area (TPSA) is 65.9 Å². The Morgan fingerprint density at radius 1 is 1.55 bits per heavy atom. The standard InChI is InChI=1S/C6H8N2O2S/c1-5-2-8-6(3-7-5)4-11(9)10/h2-3H,4H2,1H3,(H,9,10)/p-1. The van der Waals surface area contributed by atoms with Crippen molar-refractivity contribution in [2.75, 3.05) is 0 Å². The normalized spacial score (nSPS) is 12.9.